The summed E-state index contributed by atoms with van der Waals surface area (Å²) in [7, 11) is 0. The fraction of sp³-hybridized carbons (Fsp3) is 0.158. The third-order valence-corrected chi connectivity index (χ3v) is 4.06. The van der Waals surface area contributed by atoms with Crippen LogP contribution >= 0.6 is 0 Å². The number of aromatic nitrogens is 5. The van der Waals surface area contributed by atoms with E-state index in [0.29, 0.717) is 24.0 Å². The normalized spacial score (nSPS) is 10.9. The number of hydrogen-bond donors (Lipinski definition) is 2. The number of carbonyl (C=O) groups excluding carboxylic acids is 1. The number of nitrogens with one attached hydrogen (secondary N) is 2. The highest BCUT2D eigenvalue weighted by Gasteiger charge is 2.12. The fourth-order valence-corrected chi connectivity index (χ4v) is 2.78. The zero-order chi connectivity index (χ0) is 18.6. The van der Waals surface area contributed by atoms with E-state index in [1.165, 1.54) is 0 Å². The summed E-state index contributed by atoms with van der Waals surface area (Å²) >= 11 is 0. The molecule has 2 aromatic heterocycles. The number of carbonyl (C=O) groups is 1. The summed E-state index contributed by atoms with van der Waals surface area (Å²) in [6.07, 6.45) is 1.63. The number of H-pyrrole nitrogens is 1. The summed E-state index contributed by atoms with van der Waals surface area (Å²) < 4.78 is 7.20. The van der Waals surface area contributed by atoms with Crippen molar-refractivity contribution in [2.24, 2.45) is 0 Å². The lowest BCUT2D eigenvalue weighted by atomic mass is 10.2. The number of aromatic amines is 1. The molecule has 136 valence electrons. The Morgan fingerprint density at radius 2 is 2.07 bits per heavy atom. The van der Waals surface area contributed by atoms with Gasteiger partial charge < -0.3 is 15.0 Å². The quantitative estimate of drug-likeness (QED) is 0.549. The lowest BCUT2D eigenvalue weighted by Gasteiger charge is -2.08. The van der Waals surface area contributed by atoms with Crippen LogP contribution < -0.4 is 10.1 Å². The summed E-state index contributed by atoms with van der Waals surface area (Å²) in [5, 5.41) is 10.9. The van der Waals surface area contributed by atoms with E-state index in [1.54, 1.807) is 24.5 Å². The van der Waals surface area contributed by atoms with Crippen LogP contribution in [0.1, 0.15) is 23.1 Å². The highest BCUT2D eigenvalue weighted by atomic mass is 16.5. The average molecular weight is 362 g/mol. The van der Waals surface area contributed by atoms with Gasteiger partial charge in [0.05, 0.1) is 24.2 Å². The Hall–Kier alpha value is -3.68. The van der Waals surface area contributed by atoms with Gasteiger partial charge in [-0.3, -0.25) is 9.36 Å². The van der Waals surface area contributed by atoms with Crippen LogP contribution in [0.15, 0.2) is 54.9 Å². The zero-order valence-corrected chi connectivity index (χ0v) is 14.7. The van der Waals surface area contributed by atoms with Gasteiger partial charge in [-0.2, -0.15) is 4.98 Å². The molecular formula is C19H18N6O2. The Balaban J connectivity index is 1.49. The van der Waals surface area contributed by atoms with Crippen molar-refractivity contribution in [2.75, 3.05) is 6.61 Å². The monoisotopic (exact) mass is 362 g/mol. The SMILES string of the molecule is CCOc1nc2ccc(C(=O)NCc3nncn3-c3ccccc3)cc2[nH]1. The van der Waals surface area contributed by atoms with E-state index in [9.17, 15) is 4.79 Å². The molecule has 2 heterocycles. The largest absolute Gasteiger partial charge is 0.465 e. The number of imidazole rings is 1. The van der Waals surface area contributed by atoms with Gasteiger partial charge in [-0.05, 0) is 37.3 Å². The molecular weight excluding hydrogens is 344 g/mol. The predicted octanol–water partition coefficient (Wildman–Crippen LogP) is 2.47. The molecule has 1 amide bonds. The van der Waals surface area contributed by atoms with Gasteiger partial charge in [0, 0.05) is 11.3 Å². The molecule has 2 N–H and O–H groups in total. The van der Waals surface area contributed by atoms with Crippen molar-refractivity contribution in [1.82, 2.24) is 30.0 Å². The molecule has 2 aromatic carbocycles. The summed E-state index contributed by atoms with van der Waals surface area (Å²) in [5.41, 5.74) is 2.96. The first kappa shape index (κ1) is 16.8. The Bertz CT molecular complexity index is 1070. The van der Waals surface area contributed by atoms with Gasteiger partial charge >= 0.3 is 0 Å². The van der Waals surface area contributed by atoms with Gasteiger partial charge in [-0.25, -0.2) is 0 Å². The van der Waals surface area contributed by atoms with Crippen molar-refractivity contribution in [3.8, 4) is 11.7 Å². The summed E-state index contributed by atoms with van der Waals surface area (Å²) in [4.78, 5) is 19.9. The first-order chi connectivity index (χ1) is 13.2. The van der Waals surface area contributed by atoms with Crippen LogP contribution in [0.5, 0.6) is 6.01 Å². The van der Waals surface area contributed by atoms with Crippen LogP contribution in [0, 0.1) is 0 Å². The molecule has 4 aromatic rings. The highest BCUT2D eigenvalue weighted by molar-refractivity contribution is 5.97. The van der Waals surface area contributed by atoms with Crippen LogP contribution in [-0.4, -0.2) is 37.2 Å². The van der Waals surface area contributed by atoms with Crippen molar-refractivity contribution < 1.29 is 9.53 Å². The minimum Gasteiger partial charge on any atom is -0.465 e. The Kier molecular flexibility index (Phi) is 4.52. The number of ether oxygens (including phenoxy) is 1. The van der Waals surface area contributed by atoms with E-state index in [-0.39, 0.29) is 12.5 Å². The van der Waals surface area contributed by atoms with Crippen molar-refractivity contribution in [1.29, 1.82) is 0 Å². The predicted molar refractivity (Wildman–Crippen MR) is 99.8 cm³/mol. The molecule has 0 saturated carbocycles. The van der Waals surface area contributed by atoms with Crippen molar-refractivity contribution in [3.63, 3.8) is 0 Å². The topological polar surface area (TPSA) is 97.7 Å². The molecule has 0 fully saturated rings. The van der Waals surface area contributed by atoms with Crippen molar-refractivity contribution in [2.45, 2.75) is 13.5 Å². The van der Waals surface area contributed by atoms with Crippen molar-refractivity contribution >= 4 is 16.9 Å². The van der Waals surface area contributed by atoms with Crippen LogP contribution in [-0.2, 0) is 6.54 Å². The fourth-order valence-electron chi connectivity index (χ4n) is 2.78. The van der Waals surface area contributed by atoms with E-state index in [0.717, 1.165) is 16.7 Å². The van der Waals surface area contributed by atoms with Gasteiger partial charge in [0.2, 0.25) is 0 Å². The minimum absolute atomic E-state index is 0.202. The molecule has 0 radical (unpaired) electrons. The summed E-state index contributed by atoms with van der Waals surface area (Å²) in [6.45, 7) is 2.68. The van der Waals surface area contributed by atoms with Gasteiger partial charge in [0.1, 0.15) is 6.33 Å². The van der Waals surface area contributed by atoms with Gasteiger partial charge in [0.15, 0.2) is 5.82 Å². The zero-order valence-electron chi connectivity index (χ0n) is 14.7. The molecule has 8 heteroatoms. The van der Waals surface area contributed by atoms with E-state index in [4.69, 9.17) is 4.74 Å². The second-order valence-electron chi connectivity index (χ2n) is 5.84. The molecule has 0 aliphatic heterocycles. The van der Waals surface area contributed by atoms with E-state index in [1.807, 2.05) is 41.8 Å². The number of amides is 1. The van der Waals surface area contributed by atoms with Gasteiger partial charge in [-0.15, -0.1) is 10.2 Å². The van der Waals surface area contributed by atoms with Crippen LogP contribution in [0.3, 0.4) is 0 Å². The van der Waals surface area contributed by atoms with Gasteiger partial charge in [-0.1, -0.05) is 18.2 Å². The van der Waals surface area contributed by atoms with Crippen LogP contribution in [0.4, 0.5) is 0 Å². The molecule has 0 aliphatic rings. The molecule has 27 heavy (non-hydrogen) atoms. The minimum atomic E-state index is -0.202. The first-order valence-corrected chi connectivity index (χ1v) is 8.59. The number of hydrogen-bond acceptors (Lipinski definition) is 5. The molecule has 0 aliphatic carbocycles. The maximum atomic E-state index is 12.5. The molecule has 0 spiro atoms. The maximum Gasteiger partial charge on any atom is 0.294 e. The summed E-state index contributed by atoms with van der Waals surface area (Å²) in [6, 6.07) is 15.4. The number of fused-ring (bicyclic) bond motifs is 1. The number of rotatable bonds is 6. The highest BCUT2D eigenvalue weighted by Crippen LogP contribution is 2.17. The number of para-hydroxylation sites is 1. The molecule has 0 atom stereocenters. The Labute approximate surface area is 155 Å². The first-order valence-electron chi connectivity index (χ1n) is 8.59. The van der Waals surface area contributed by atoms with Crippen molar-refractivity contribution in [3.05, 3.63) is 66.2 Å². The third kappa shape index (κ3) is 3.50. The smallest absolute Gasteiger partial charge is 0.294 e. The molecule has 0 unspecified atom stereocenters. The molecule has 0 saturated heterocycles. The second kappa shape index (κ2) is 7.28. The number of nitrogens with zero attached hydrogens (tertiary/aromatic N) is 4. The lowest BCUT2D eigenvalue weighted by Crippen LogP contribution is -2.24. The molecule has 8 nitrogen and oxygen atoms in total. The van der Waals surface area contributed by atoms with Crippen LogP contribution in [0.25, 0.3) is 16.7 Å². The third-order valence-electron chi connectivity index (χ3n) is 4.06. The van der Waals surface area contributed by atoms with E-state index < -0.39 is 0 Å². The Morgan fingerprint density at radius 3 is 2.89 bits per heavy atom. The summed E-state index contributed by atoms with van der Waals surface area (Å²) in [5.74, 6) is 0.447. The second-order valence-corrected chi connectivity index (χ2v) is 5.84. The van der Waals surface area contributed by atoms with Crippen LogP contribution in [0.2, 0.25) is 0 Å². The molecule has 0 bridgehead atoms. The van der Waals surface area contributed by atoms with E-state index in [2.05, 4.69) is 25.5 Å². The Morgan fingerprint density at radius 1 is 1.22 bits per heavy atom. The molecule has 4 rings (SSSR count). The lowest BCUT2D eigenvalue weighted by molar-refractivity contribution is 0.0950. The standard InChI is InChI=1S/C19H18N6O2/c1-2-27-19-22-15-9-8-13(10-16(15)23-19)18(26)20-11-17-24-21-12-25(17)14-6-4-3-5-7-14/h3-10,12H,2,11H2,1H3,(H,20,26)(H,22,23). The van der Waals surface area contributed by atoms with Gasteiger partial charge in [0.25, 0.3) is 11.9 Å². The van der Waals surface area contributed by atoms with E-state index >= 15 is 0 Å². The maximum absolute atomic E-state index is 12.5. The number of benzene rings is 2. The average Bonchev–Trinajstić information content (AvgIpc) is 3.32.